The number of nitrogen functional groups attached to an aromatic ring is 1. The van der Waals surface area contributed by atoms with Crippen LogP contribution in [0.3, 0.4) is 0 Å². The second kappa shape index (κ2) is 14.2. The van der Waals surface area contributed by atoms with Gasteiger partial charge in [-0.3, -0.25) is 9.36 Å². The second-order valence-electron chi connectivity index (χ2n) is 10.4. The normalized spacial score (nSPS) is 16.7. The largest absolute Gasteiger partial charge is 0.464 e. The number of fused-ring (bicyclic) bond motifs is 1. The summed E-state index contributed by atoms with van der Waals surface area (Å²) < 4.78 is 37.9. The second-order valence-corrected chi connectivity index (χ2v) is 12.4. The van der Waals surface area contributed by atoms with Crippen LogP contribution in [0.4, 0.5) is 5.82 Å². The number of nitrogens with zero attached hydrogens (tertiary/aromatic N) is 4. The van der Waals surface area contributed by atoms with Crippen LogP contribution in [0, 0.1) is 0 Å². The average molecular weight is 569 g/mol. The summed E-state index contributed by atoms with van der Waals surface area (Å²) in [6, 6.07) is 0. The third-order valence-corrected chi connectivity index (χ3v) is 8.28. The third kappa shape index (κ3) is 9.23. The molecule has 0 radical (unpaired) electrons. The highest BCUT2D eigenvalue weighted by Crippen LogP contribution is 2.45. The molecule has 39 heavy (non-hydrogen) atoms. The summed E-state index contributed by atoms with van der Waals surface area (Å²) in [7, 11) is -3.88. The molecule has 1 unspecified atom stereocenters. The molecular weight excluding hydrogens is 527 g/mol. The Morgan fingerprint density at radius 1 is 1.23 bits per heavy atom. The SMILES string of the molecule is CCCCCOC(=O)C(C)(C)NP(=O)(CO[C@H](C)Cn1cnc2c(N)ncnc21)OCC(=O)OC1CCCC1. The number of hydrogen-bond donors (Lipinski definition) is 2. The fourth-order valence-electron chi connectivity index (χ4n) is 4.24. The summed E-state index contributed by atoms with van der Waals surface area (Å²) in [5, 5.41) is 2.78. The van der Waals surface area contributed by atoms with E-state index in [1.165, 1.54) is 6.33 Å². The van der Waals surface area contributed by atoms with Crippen molar-refractivity contribution in [2.75, 3.05) is 25.3 Å². The van der Waals surface area contributed by atoms with Crippen LogP contribution >= 0.6 is 7.52 Å². The lowest BCUT2D eigenvalue weighted by molar-refractivity contribution is -0.151. The number of aromatic nitrogens is 4. The van der Waals surface area contributed by atoms with E-state index in [9.17, 15) is 14.2 Å². The number of hydrogen-bond acceptors (Lipinski definition) is 11. The molecule has 2 aromatic heterocycles. The first-order chi connectivity index (χ1) is 18.5. The number of rotatable bonds is 16. The monoisotopic (exact) mass is 568 g/mol. The topological polar surface area (TPSA) is 170 Å². The maximum atomic E-state index is 13.9. The minimum Gasteiger partial charge on any atom is -0.464 e. The smallest absolute Gasteiger partial charge is 0.332 e. The quantitative estimate of drug-likeness (QED) is 0.172. The van der Waals surface area contributed by atoms with Crippen molar-refractivity contribution in [1.29, 1.82) is 0 Å². The van der Waals surface area contributed by atoms with E-state index in [2.05, 4.69) is 27.0 Å². The fourth-order valence-corrected chi connectivity index (χ4v) is 6.15. The Bertz CT molecular complexity index is 1150. The number of ether oxygens (including phenoxy) is 3. The first-order valence-corrected chi connectivity index (χ1v) is 15.3. The zero-order valence-electron chi connectivity index (χ0n) is 23.3. The van der Waals surface area contributed by atoms with Crippen molar-refractivity contribution in [3.63, 3.8) is 0 Å². The molecule has 0 bridgehead atoms. The van der Waals surface area contributed by atoms with Crippen molar-refractivity contribution >= 4 is 36.4 Å². The highest BCUT2D eigenvalue weighted by molar-refractivity contribution is 7.56. The summed E-state index contributed by atoms with van der Waals surface area (Å²) in [6.07, 6.45) is 8.18. The van der Waals surface area contributed by atoms with Crippen molar-refractivity contribution in [2.45, 2.75) is 96.9 Å². The number of anilines is 1. The molecule has 0 amide bonds. The number of imidazole rings is 1. The summed E-state index contributed by atoms with van der Waals surface area (Å²) in [4.78, 5) is 37.5. The van der Waals surface area contributed by atoms with Crippen LogP contribution in [0.1, 0.15) is 72.6 Å². The van der Waals surface area contributed by atoms with E-state index in [4.69, 9.17) is 24.5 Å². The Kier molecular flexibility index (Phi) is 11.2. The molecule has 1 aliphatic rings. The lowest BCUT2D eigenvalue weighted by Gasteiger charge is -2.30. The molecule has 3 N–H and O–H groups in total. The zero-order chi connectivity index (χ0) is 28.5. The van der Waals surface area contributed by atoms with Crippen LogP contribution in [0.15, 0.2) is 12.7 Å². The van der Waals surface area contributed by atoms with Gasteiger partial charge in [0.25, 0.3) is 7.52 Å². The number of carbonyl (C=O) groups excluding carboxylic acids is 2. The van der Waals surface area contributed by atoms with Gasteiger partial charge >= 0.3 is 11.9 Å². The van der Waals surface area contributed by atoms with Crippen LogP contribution in [0.2, 0.25) is 0 Å². The summed E-state index contributed by atoms with van der Waals surface area (Å²) in [5.41, 5.74) is 5.51. The highest BCUT2D eigenvalue weighted by atomic mass is 31.2. The maximum absolute atomic E-state index is 13.9. The van der Waals surface area contributed by atoms with Crippen molar-refractivity contribution in [3.05, 3.63) is 12.7 Å². The van der Waals surface area contributed by atoms with E-state index in [1.807, 2.05) is 0 Å². The van der Waals surface area contributed by atoms with Gasteiger partial charge in [-0.25, -0.2) is 24.8 Å². The summed E-state index contributed by atoms with van der Waals surface area (Å²) >= 11 is 0. The highest BCUT2D eigenvalue weighted by Gasteiger charge is 2.39. The predicted octanol–water partition coefficient (Wildman–Crippen LogP) is 3.57. The average Bonchev–Trinajstić information content (AvgIpc) is 3.55. The van der Waals surface area contributed by atoms with Gasteiger partial charge in [-0.2, -0.15) is 0 Å². The Labute approximate surface area is 229 Å². The van der Waals surface area contributed by atoms with Crippen LogP contribution < -0.4 is 10.8 Å². The fraction of sp³-hybridized carbons (Fsp3) is 0.720. The molecule has 14 heteroatoms. The van der Waals surface area contributed by atoms with Crippen molar-refractivity contribution in [1.82, 2.24) is 24.6 Å². The number of nitrogens with two attached hydrogens (primary N) is 1. The molecular formula is C25H41N6O7P. The Balaban J connectivity index is 1.64. The van der Waals surface area contributed by atoms with Crippen LogP contribution in [-0.2, 0) is 39.4 Å². The van der Waals surface area contributed by atoms with Gasteiger partial charge in [0.2, 0.25) is 0 Å². The molecule has 3 rings (SSSR count). The minimum absolute atomic E-state index is 0.151. The molecule has 0 aliphatic heterocycles. The molecule has 0 spiro atoms. The molecule has 1 saturated carbocycles. The Hall–Kier alpha value is -2.60. The van der Waals surface area contributed by atoms with Gasteiger partial charge in [0.15, 0.2) is 18.1 Å². The van der Waals surface area contributed by atoms with Gasteiger partial charge in [-0.1, -0.05) is 19.8 Å². The molecule has 1 aliphatic carbocycles. The number of unbranched alkanes of at least 4 members (excludes halogenated alkanes) is 2. The zero-order valence-corrected chi connectivity index (χ0v) is 24.2. The van der Waals surface area contributed by atoms with Crippen LogP contribution in [-0.4, -0.2) is 68.8 Å². The number of nitrogens with one attached hydrogen (secondary N) is 1. The molecule has 1 fully saturated rings. The summed E-state index contributed by atoms with van der Waals surface area (Å²) in [6.45, 7) is 6.97. The van der Waals surface area contributed by atoms with Gasteiger partial charge in [0, 0.05) is 0 Å². The molecule has 2 heterocycles. The number of esters is 2. The Morgan fingerprint density at radius 3 is 2.69 bits per heavy atom. The molecule has 2 aromatic rings. The van der Waals surface area contributed by atoms with Crippen molar-refractivity contribution in [2.24, 2.45) is 0 Å². The van der Waals surface area contributed by atoms with Gasteiger partial charge in [-0.15, -0.1) is 0 Å². The molecule has 0 saturated heterocycles. The minimum atomic E-state index is -3.88. The Morgan fingerprint density at radius 2 is 1.97 bits per heavy atom. The van der Waals surface area contributed by atoms with E-state index in [1.54, 1.807) is 31.7 Å². The van der Waals surface area contributed by atoms with E-state index < -0.39 is 44.1 Å². The van der Waals surface area contributed by atoms with Crippen LogP contribution in [0.5, 0.6) is 0 Å². The maximum Gasteiger partial charge on any atom is 0.332 e. The van der Waals surface area contributed by atoms with Gasteiger partial charge < -0.3 is 29.0 Å². The van der Waals surface area contributed by atoms with Gasteiger partial charge in [0.05, 0.1) is 25.6 Å². The van der Waals surface area contributed by atoms with E-state index in [-0.39, 0.29) is 18.5 Å². The third-order valence-electron chi connectivity index (χ3n) is 6.34. The van der Waals surface area contributed by atoms with E-state index >= 15 is 0 Å². The predicted molar refractivity (Wildman–Crippen MR) is 145 cm³/mol. The summed E-state index contributed by atoms with van der Waals surface area (Å²) in [5.74, 6) is -0.923. The van der Waals surface area contributed by atoms with Gasteiger partial charge in [-0.05, 0) is 52.9 Å². The standard InChI is InChI=1S/C25H41N6O7P/c1-5-6-9-12-35-24(33)25(3,4)30-39(34,37-14-20(32)38-19-10-7-8-11-19)17-36-18(2)13-31-16-29-21-22(26)27-15-28-23(21)31/h15-16,18-19H,5-14,17H2,1-4H3,(H,30,34)(H2,26,27,28)/t18-,39?/m1/s1. The van der Waals surface area contributed by atoms with Crippen molar-refractivity contribution < 1.29 is 32.9 Å². The van der Waals surface area contributed by atoms with Crippen LogP contribution in [0.25, 0.3) is 11.2 Å². The molecule has 218 valence electrons. The first kappa shape index (κ1) is 30.9. The molecule has 0 aromatic carbocycles. The van der Waals surface area contributed by atoms with E-state index in [0.717, 1.165) is 44.9 Å². The lowest BCUT2D eigenvalue weighted by atomic mass is 10.1. The lowest BCUT2D eigenvalue weighted by Crippen LogP contribution is -2.47. The number of carbonyl (C=O) groups is 2. The molecule has 2 atom stereocenters. The van der Waals surface area contributed by atoms with Gasteiger partial charge in [0.1, 0.15) is 29.8 Å². The van der Waals surface area contributed by atoms with E-state index in [0.29, 0.717) is 17.7 Å². The molecule has 13 nitrogen and oxygen atoms in total. The van der Waals surface area contributed by atoms with Crippen molar-refractivity contribution in [3.8, 4) is 0 Å². The first-order valence-electron chi connectivity index (χ1n) is 13.5.